The Labute approximate surface area is 118 Å². The van der Waals surface area contributed by atoms with Crippen molar-refractivity contribution in [3.8, 4) is 0 Å². The number of urea groups is 1. The predicted octanol–water partition coefficient (Wildman–Crippen LogP) is 2.86. The number of hydrogen-bond donors (Lipinski definition) is 3. The number of nitrogens with one attached hydrogen (secondary N) is 2. The maximum absolute atomic E-state index is 11.8. The van der Waals surface area contributed by atoms with Crippen LogP contribution < -0.4 is 10.6 Å². The molecule has 3 N–H and O–H groups in total. The van der Waals surface area contributed by atoms with E-state index in [-0.39, 0.29) is 11.6 Å². The quantitative estimate of drug-likeness (QED) is 0.773. The molecule has 108 valence electrons. The second-order valence-corrected chi connectivity index (χ2v) is 5.48. The molecule has 1 aliphatic rings. The molecule has 0 heterocycles. The molecular formula is C15H20N2O3. The second-order valence-electron chi connectivity index (χ2n) is 5.48. The Hall–Kier alpha value is -2.04. The highest BCUT2D eigenvalue weighted by Crippen LogP contribution is 2.36. The molecule has 1 aromatic rings. The van der Waals surface area contributed by atoms with Crippen molar-refractivity contribution in [1.29, 1.82) is 0 Å². The standard InChI is InChI=1S/C15H20N2O3/c1-9-7-12(5-6-13(9)14(18)19)17-15(20)16-8-10(2)11-3-4-11/h5-7,10-11H,3-4,8H2,1-2H3,(H,18,19)(H2,16,17,20). The van der Waals surface area contributed by atoms with Crippen molar-refractivity contribution in [3.63, 3.8) is 0 Å². The SMILES string of the molecule is Cc1cc(NC(=O)NCC(C)C2CC2)ccc1C(=O)O. The van der Waals surface area contributed by atoms with E-state index in [2.05, 4.69) is 17.6 Å². The summed E-state index contributed by atoms with van der Waals surface area (Å²) in [6, 6.07) is 4.51. The van der Waals surface area contributed by atoms with Crippen LogP contribution in [0.2, 0.25) is 0 Å². The highest BCUT2D eigenvalue weighted by molar-refractivity contribution is 5.92. The Morgan fingerprint density at radius 3 is 2.65 bits per heavy atom. The van der Waals surface area contributed by atoms with Crippen molar-refractivity contribution >= 4 is 17.7 Å². The molecule has 0 radical (unpaired) electrons. The van der Waals surface area contributed by atoms with Gasteiger partial charge in [-0.3, -0.25) is 0 Å². The molecule has 0 aromatic heterocycles. The van der Waals surface area contributed by atoms with Crippen LogP contribution >= 0.6 is 0 Å². The minimum absolute atomic E-state index is 0.248. The third kappa shape index (κ3) is 3.73. The summed E-state index contributed by atoms with van der Waals surface area (Å²) in [6.45, 7) is 4.52. The highest BCUT2D eigenvalue weighted by Gasteiger charge is 2.27. The molecule has 20 heavy (non-hydrogen) atoms. The summed E-state index contributed by atoms with van der Waals surface area (Å²) in [5.41, 5.74) is 1.48. The van der Waals surface area contributed by atoms with E-state index in [9.17, 15) is 9.59 Å². The van der Waals surface area contributed by atoms with Gasteiger partial charge in [0.15, 0.2) is 0 Å². The average Bonchev–Trinajstić information content (AvgIpc) is 3.19. The van der Waals surface area contributed by atoms with Gasteiger partial charge in [-0.25, -0.2) is 9.59 Å². The molecule has 1 aliphatic carbocycles. The van der Waals surface area contributed by atoms with Gasteiger partial charge in [0.05, 0.1) is 5.56 Å². The van der Waals surface area contributed by atoms with Gasteiger partial charge >= 0.3 is 12.0 Å². The predicted molar refractivity (Wildman–Crippen MR) is 77.0 cm³/mol. The van der Waals surface area contributed by atoms with E-state index in [4.69, 9.17) is 5.11 Å². The number of aryl methyl sites for hydroxylation is 1. The summed E-state index contributed by atoms with van der Waals surface area (Å²) in [4.78, 5) is 22.7. The van der Waals surface area contributed by atoms with E-state index in [1.165, 1.54) is 18.9 Å². The first-order valence-corrected chi connectivity index (χ1v) is 6.86. The minimum atomic E-state index is -0.961. The topological polar surface area (TPSA) is 78.4 Å². The van der Waals surface area contributed by atoms with E-state index in [1.54, 1.807) is 19.1 Å². The van der Waals surface area contributed by atoms with Gasteiger partial charge in [-0.15, -0.1) is 0 Å². The van der Waals surface area contributed by atoms with E-state index in [0.29, 0.717) is 23.7 Å². The molecule has 2 rings (SSSR count). The number of aromatic carboxylic acids is 1. The van der Waals surface area contributed by atoms with Gasteiger partial charge < -0.3 is 15.7 Å². The molecule has 5 nitrogen and oxygen atoms in total. The molecule has 1 aromatic carbocycles. The number of carbonyl (C=O) groups excluding carboxylic acids is 1. The molecule has 0 saturated heterocycles. The fraction of sp³-hybridized carbons (Fsp3) is 0.467. The fourth-order valence-electron chi connectivity index (χ4n) is 2.24. The van der Waals surface area contributed by atoms with Crippen LogP contribution in [-0.2, 0) is 0 Å². The number of rotatable bonds is 5. The molecule has 5 heteroatoms. The van der Waals surface area contributed by atoms with E-state index < -0.39 is 5.97 Å². The fourth-order valence-corrected chi connectivity index (χ4v) is 2.24. The molecule has 1 fully saturated rings. The van der Waals surface area contributed by atoms with Crippen LogP contribution in [0.3, 0.4) is 0 Å². The summed E-state index contributed by atoms with van der Waals surface area (Å²) in [5.74, 6) is 0.307. The Morgan fingerprint density at radius 2 is 2.10 bits per heavy atom. The third-order valence-electron chi connectivity index (χ3n) is 3.73. The lowest BCUT2D eigenvalue weighted by atomic mass is 10.1. The number of anilines is 1. The lowest BCUT2D eigenvalue weighted by Crippen LogP contribution is -2.32. The Kier molecular flexibility index (Phi) is 4.27. The van der Waals surface area contributed by atoms with Crippen molar-refractivity contribution in [2.45, 2.75) is 26.7 Å². The lowest BCUT2D eigenvalue weighted by Gasteiger charge is -2.13. The summed E-state index contributed by atoms with van der Waals surface area (Å²) < 4.78 is 0. The number of carbonyl (C=O) groups is 2. The highest BCUT2D eigenvalue weighted by atomic mass is 16.4. The summed E-state index contributed by atoms with van der Waals surface area (Å²) in [5, 5.41) is 14.5. The van der Waals surface area contributed by atoms with Gasteiger partial charge in [-0.1, -0.05) is 6.92 Å². The summed E-state index contributed by atoms with van der Waals surface area (Å²) in [7, 11) is 0. The Balaban J connectivity index is 1.87. The van der Waals surface area contributed by atoms with Crippen molar-refractivity contribution in [2.75, 3.05) is 11.9 Å². The number of amides is 2. The maximum atomic E-state index is 11.8. The van der Waals surface area contributed by atoms with Gasteiger partial charge in [0.25, 0.3) is 0 Å². The van der Waals surface area contributed by atoms with Crippen molar-refractivity contribution in [3.05, 3.63) is 29.3 Å². The molecule has 1 atom stereocenters. The van der Waals surface area contributed by atoms with Crippen LogP contribution in [0.4, 0.5) is 10.5 Å². The van der Waals surface area contributed by atoms with Crippen molar-refractivity contribution in [1.82, 2.24) is 5.32 Å². The molecular weight excluding hydrogens is 256 g/mol. The minimum Gasteiger partial charge on any atom is -0.478 e. The van der Waals surface area contributed by atoms with Crippen LogP contribution in [0.5, 0.6) is 0 Å². The molecule has 0 bridgehead atoms. The number of benzene rings is 1. The average molecular weight is 276 g/mol. The smallest absolute Gasteiger partial charge is 0.335 e. The van der Waals surface area contributed by atoms with Gasteiger partial charge in [-0.2, -0.15) is 0 Å². The number of hydrogen-bond acceptors (Lipinski definition) is 2. The molecule has 2 amide bonds. The molecule has 1 unspecified atom stereocenters. The zero-order valence-electron chi connectivity index (χ0n) is 11.8. The zero-order valence-corrected chi connectivity index (χ0v) is 11.8. The first-order valence-electron chi connectivity index (χ1n) is 6.86. The van der Waals surface area contributed by atoms with Gasteiger partial charge in [-0.05, 0) is 55.4 Å². The van der Waals surface area contributed by atoms with Gasteiger partial charge in [0.1, 0.15) is 0 Å². The van der Waals surface area contributed by atoms with Crippen molar-refractivity contribution in [2.24, 2.45) is 11.8 Å². The van der Waals surface area contributed by atoms with Gasteiger partial charge in [0.2, 0.25) is 0 Å². The van der Waals surface area contributed by atoms with Gasteiger partial charge in [0, 0.05) is 12.2 Å². The van der Waals surface area contributed by atoms with E-state index >= 15 is 0 Å². The molecule has 0 spiro atoms. The normalized spacial score (nSPS) is 15.5. The van der Waals surface area contributed by atoms with E-state index in [1.807, 2.05) is 0 Å². The summed E-state index contributed by atoms with van der Waals surface area (Å²) in [6.07, 6.45) is 2.53. The second kappa shape index (κ2) is 5.94. The van der Waals surface area contributed by atoms with Crippen LogP contribution in [0, 0.1) is 18.8 Å². The van der Waals surface area contributed by atoms with Crippen LogP contribution in [0.1, 0.15) is 35.7 Å². The Bertz CT molecular complexity index is 524. The van der Waals surface area contributed by atoms with Crippen LogP contribution in [0.25, 0.3) is 0 Å². The molecule has 0 aliphatic heterocycles. The van der Waals surface area contributed by atoms with Crippen LogP contribution in [0.15, 0.2) is 18.2 Å². The van der Waals surface area contributed by atoms with E-state index in [0.717, 1.165) is 5.92 Å². The van der Waals surface area contributed by atoms with Crippen molar-refractivity contribution < 1.29 is 14.7 Å². The third-order valence-corrected chi connectivity index (χ3v) is 3.73. The number of carboxylic acid groups (broad SMARTS) is 1. The first kappa shape index (κ1) is 14.4. The zero-order chi connectivity index (χ0) is 14.7. The number of carboxylic acids is 1. The Morgan fingerprint density at radius 1 is 1.40 bits per heavy atom. The maximum Gasteiger partial charge on any atom is 0.335 e. The largest absolute Gasteiger partial charge is 0.478 e. The van der Waals surface area contributed by atoms with Crippen LogP contribution in [-0.4, -0.2) is 23.7 Å². The lowest BCUT2D eigenvalue weighted by molar-refractivity contribution is 0.0696. The summed E-state index contributed by atoms with van der Waals surface area (Å²) >= 11 is 0. The first-order chi connectivity index (χ1) is 9.47. The molecule has 1 saturated carbocycles. The monoisotopic (exact) mass is 276 g/mol.